The standard InChI is InChI=1S/C12H19N/c1-11-5-7-12(8-6-11)13-9-3-2-4-10-13/h5-7,12H,2-4,8-10H2,1H3. The van der Waals surface area contributed by atoms with E-state index in [-0.39, 0.29) is 0 Å². The maximum absolute atomic E-state index is 2.63. The molecule has 72 valence electrons. The second-order valence-electron chi connectivity index (χ2n) is 4.21. The first kappa shape index (κ1) is 9.01. The van der Waals surface area contributed by atoms with Gasteiger partial charge in [0.25, 0.3) is 0 Å². The molecule has 0 saturated carbocycles. The Labute approximate surface area is 81.1 Å². The number of likely N-dealkylation sites (tertiary alicyclic amines) is 1. The lowest BCUT2D eigenvalue weighted by Crippen LogP contribution is -2.38. The van der Waals surface area contributed by atoms with Gasteiger partial charge in [0.15, 0.2) is 0 Å². The predicted molar refractivity (Wildman–Crippen MR) is 56.7 cm³/mol. The van der Waals surface area contributed by atoms with Gasteiger partial charge in [-0.2, -0.15) is 0 Å². The van der Waals surface area contributed by atoms with Gasteiger partial charge in [-0.05, 0) is 39.3 Å². The van der Waals surface area contributed by atoms with Crippen LogP contribution in [0.5, 0.6) is 0 Å². The van der Waals surface area contributed by atoms with Crippen molar-refractivity contribution < 1.29 is 0 Å². The van der Waals surface area contributed by atoms with E-state index in [1.807, 2.05) is 0 Å². The van der Waals surface area contributed by atoms with Gasteiger partial charge >= 0.3 is 0 Å². The smallest absolute Gasteiger partial charge is 0.0316 e. The number of piperidine rings is 1. The van der Waals surface area contributed by atoms with Crippen molar-refractivity contribution in [2.45, 2.75) is 38.6 Å². The molecule has 1 saturated heterocycles. The van der Waals surface area contributed by atoms with E-state index >= 15 is 0 Å². The first-order chi connectivity index (χ1) is 6.36. The molecule has 1 aliphatic carbocycles. The summed E-state index contributed by atoms with van der Waals surface area (Å²) in [6.07, 6.45) is 12.5. The van der Waals surface area contributed by atoms with Crippen LogP contribution in [-0.4, -0.2) is 24.0 Å². The number of allylic oxidation sites excluding steroid dienone is 2. The van der Waals surface area contributed by atoms with Gasteiger partial charge in [0.05, 0.1) is 0 Å². The molecule has 0 spiro atoms. The second kappa shape index (κ2) is 4.10. The SMILES string of the molecule is CC1=CCC(N2CCCCC2)C=C1. The number of hydrogen-bond donors (Lipinski definition) is 0. The molecule has 1 heterocycles. The van der Waals surface area contributed by atoms with Crippen LogP contribution in [0.4, 0.5) is 0 Å². The van der Waals surface area contributed by atoms with Crippen molar-refractivity contribution in [2.24, 2.45) is 0 Å². The quantitative estimate of drug-likeness (QED) is 0.595. The summed E-state index contributed by atoms with van der Waals surface area (Å²) in [5, 5.41) is 0. The van der Waals surface area contributed by atoms with Gasteiger partial charge in [-0.25, -0.2) is 0 Å². The number of rotatable bonds is 1. The molecule has 2 aliphatic rings. The van der Waals surface area contributed by atoms with E-state index in [4.69, 9.17) is 0 Å². The lowest BCUT2D eigenvalue weighted by Gasteiger charge is -2.33. The Bertz CT molecular complexity index is 221. The number of hydrogen-bond acceptors (Lipinski definition) is 1. The zero-order valence-corrected chi connectivity index (χ0v) is 8.50. The van der Waals surface area contributed by atoms with E-state index in [9.17, 15) is 0 Å². The lowest BCUT2D eigenvalue weighted by molar-refractivity contribution is 0.190. The van der Waals surface area contributed by atoms with Crippen LogP contribution in [0.2, 0.25) is 0 Å². The van der Waals surface area contributed by atoms with Crippen molar-refractivity contribution in [1.29, 1.82) is 0 Å². The van der Waals surface area contributed by atoms with Crippen molar-refractivity contribution in [2.75, 3.05) is 13.1 Å². The fraction of sp³-hybridized carbons (Fsp3) is 0.667. The van der Waals surface area contributed by atoms with E-state index in [1.165, 1.54) is 44.3 Å². The molecule has 1 atom stereocenters. The van der Waals surface area contributed by atoms with Gasteiger partial charge in [-0.1, -0.05) is 30.2 Å². The average Bonchev–Trinajstić information content (AvgIpc) is 2.20. The summed E-state index contributed by atoms with van der Waals surface area (Å²) in [4.78, 5) is 2.63. The fourth-order valence-electron chi connectivity index (χ4n) is 2.24. The van der Waals surface area contributed by atoms with Crippen LogP contribution in [0.15, 0.2) is 23.8 Å². The van der Waals surface area contributed by atoms with Gasteiger partial charge in [0.1, 0.15) is 0 Å². The van der Waals surface area contributed by atoms with E-state index in [2.05, 4.69) is 30.1 Å². The van der Waals surface area contributed by atoms with E-state index in [0.717, 1.165) is 0 Å². The third-order valence-corrected chi connectivity index (χ3v) is 3.12. The molecule has 0 aromatic rings. The average molecular weight is 177 g/mol. The molecule has 0 radical (unpaired) electrons. The first-order valence-corrected chi connectivity index (χ1v) is 5.45. The number of nitrogens with zero attached hydrogens (tertiary/aromatic N) is 1. The molecule has 0 aromatic heterocycles. The summed E-state index contributed by atoms with van der Waals surface area (Å²) in [7, 11) is 0. The summed E-state index contributed by atoms with van der Waals surface area (Å²) >= 11 is 0. The van der Waals surface area contributed by atoms with Gasteiger partial charge < -0.3 is 0 Å². The highest BCUT2D eigenvalue weighted by Crippen LogP contribution is 2.19. The molecule has 2 rings (SSSR count). The zero-order chi connectivity index (χ0) is 9.10. The van der Waals surface area contributed by atoms with Crippen LogP contribution in [0.25, 0.3) is 0 Å². The largest absolute Gasteiger partial charge is 0.297 e. The van der Waals surface area contributed by atoms with Crippen LogP contribution < -0.4 is 0 Å². The van der Waals surface area contributed by atoms with Gasteiger partial charge in [0, 0.05) is 6.04 Å². The molecule has 13 heavy (non-hydrogen) atoms. The van der Waals surface area contributed by atoms with Crippen molar-refractivity contribution in [1.82, 2.24) is 4.90 Å². The molecule has 0 amide bonds. The molecule has 1 nitrogen and oxygen atoms in total. The van der Waals surface area contributed by atoms with Gasteiger partial charge in [-0.15, -0.1) is 0 Å². The fourth-order valence-corrected chi connectivity index (χ4v) is 2.24. The van der Waals surface area contributed by atoms with Crippen LogP contribution in [0.3, 0.4) is 0 Å². The highest BCUT2D eigenvalue weighted by atomic mass is 15.2. The van der Waals surface area contributed by atoms with Crippen LogP contribution >= 0.6 is 0 Å². The van der Waals surface area contributed by atoms with Gasteiger partial charge in [-0.3, -0.25) is 4.90 Å². The molecule has 1 aliphatic heterocycles. The van der Waals surface area contributed by atoms with Crippen molar-refractivity contribution in [3.63, 3.8) is 0 Å². The molecule has 0 bridgehead atoms. The topological polar surface area (TPSA) is 3.24 Å². The monoisotopic (exact) mass is 177 g/mol. The minimum atomic E-state index is 0.698. The predicted octanol–water partition coefficient (Wildman–Crippen LogP) is 2.75. The summed E-state index contributed by atoms with van der Waals surface area (Å²) in [5.41, 5.74) is 1.42. The van der Waals surface area contributed by atoms with Crippen molar-refractivity contribution in [3.8, 4) is 0 Å². The van der Waals surface area contributed by atoms with Gasteiger partial charge in [0.2, 0.25) is 0 Å². The maximum atomic E-state index is 2.63. The lowest BCUT2D eigenvalue weighted by atomic mass is 10.0. The molecule has 1 heteroatoms. The zero-order valence-electron chi connectivity index (χ0n) is 8.50. The minimum absolute atomic E-state index is 0.698. The highest BCUT2D eigenvalue weighted by molar-refractivity contribution is 5.23. The molecule has 1 fully saturated rings. The minimum Gasteiger partial charge on any atom is -0.297 e. The molecular formula is C12H19N. The Morgan fingerprint density at radius 2 is 2.00 bits per heavy atom. The molecule has 1 unspecified atom stereocenters. The third-order valence-electron chi connectivity index (χ3n) is 3.12. The summed E-state index contributed by atoms with van der Waals surface area (Å²) in [6.45, 7) is 4.80. The van der Waals surface area contributed by atoms with E-state index in [0.29, 0.717) is 6.04 Å². The Kier molecular flexibility index (Phi) is 2.84. The highest BCUT2D eigenvalue weighted by Gasteiger charge is 2.18. The maximum Gasteiger partial charge on any atom is 0.0316 e. The molecular weight excluding hydrogens is 158 g/mol. The Balaban J connectivity index is 1.91. The van der Waals surface area contributed by atoms with Crippen LogP contribution in [0, 0.1) is 0 Å². The molecule has 0 N–H and O–H groups in total. The summed E-state index contributed by atoms with van der Waals surface area (Å²) in [6, 6.07) is 0.698. The second-order valence-corrected chi connectivity index (χ2v) is 4.21. The summed E-state index contributed by atoms with van der Waals surface area (Å²) < 4.78 is 0. The molecule has 0 aromatic carbocycles. The first-order valence-electron chi connectivity index (χ1n) is 5.45. The van der Waals surface area contributed by atoms with E-state index < -0.39 is 0 Å². The van der Waals surface area contributed by atoms with Crippen LogP contribution in [-0.2, 0) is 0 Å². The van der Waals surface area contributed by atoms with E-state index in [1.54, 1.807) is 0 Å². The van der Waals surface area contributed by atoms with Crippen LogP contribution in [0.1, 0.15) is 32.6 Å². The normalized spacial score (nSPS) is 30.2. The van der Waals surface area contributed by atoms with Crippen molar-refractivity contribution >= 4 is 0 Å². The Morgan fingerprint density at radius 1 is 1.23 bits per heavy atom. The third kappa shape index (κ3) is 2.22. The Morgan fingerprint density at radius 3 is 2.62 bits per heavy atom. The Hall–Kier alpha value is -0.560. The summed E-state index contributed by atoms with van der Waals surface area (Å²) in [5.74, 6) is 0. The van der Waals surface area contributed by atoms with Crippen molar-refractivity contribution in [3.05, 3.63) is 23.8 Å².